The van der Waals surface area contributed by atoms with Crippen LogP contribution in [0.5, 0.6) is 0 Å². The number of hydrogen-bond donors (Lipinski definition) is 0. The van der Waals surface area contributed by atoms with E-state index in [4.69, 9.17) is 19.8 Å². The summed E-state index contributed by atoms with van der Waals surface area (Å²) in [4.78, 5) is 15.5. The summed E-state index contributed by atoms with van der Waals surface area (Å²) in [6, 6.07) is 4.22. The Morgan fingerprint density at radius 1 is 1.19 bits per heavy atom. The van der Waals surface area contributed by atoms with Crippen LogP contribution in [0.4, 0.5) is 0 Å². The van der Waals surface area contributed by atoms with Gasteiger partial charge in [-0.3, -0.25) is 4.79 Å². The van der Waals surface area contributed by atoms with Crippen LogP contribution >= 0.6 is 11.6 Å². The maximum absolute atomic E-state index is 13.3. The van der Waals surface area contributed by atoms with Crippen molar-refractivity contribution in [3.8, 4) is 0 Å². The molecule has 0 spiro atoms. The summed E-state index contributed by atoms with van der Waals surface area (Å²) in [5, 5.41) is 4.70. The van der Waals surface area contributed by atoms with Gasteiger partial charge in [0.05, 0.1) is 22.6 Å². The predicted molar refractivity (Wildman–Crippen MR) is 111 cm³/mol. The lowest BCUT2D eigenvalue weighted by Gasteiger charge is -2.19. The molecule has 2 heterocycles. The molecule has 140 valence electrons. The average molecular weight is 388 g/mol. The fourth-order valence-corrected chi connectivity index (χ4v) is 3.59. The first kappa shape index (κ1) is 12.3. The maximum atomic E-state index is 13.3. The van der Waals surface area contributed by atoms with Crippen LogP contribution in [0.25, 0.3) is 10.8 Å². The van der Waals surface area contributed by atoms with Gasteiger partial charge < -0.3 is 4.90 Å². The standard InChI is InChI=1S/C22H24ClN3O/c1-25-13-4-5-18(12-14-25)26-22(27)20-7-3-2-6-19(20)21(24-26)15-16-8-10-17(23)11-9-16/h2-3,6-11,18H,4-5,12-15H2,1H3/i8D,9D,10D,11D,15D2. The highest BCUT2D eigenvalue weighted by Crippen LogP contribution is 2.23. The van der Waals surface area contributed by atoms with Gasteiger partial charge >= 0.3 is 0 Å². The van der Waals surface area contributed by atoms with Gasteiger partial charge in [0.15, 0.2) is 0 Å². The third kappa shape index (κ3) is 3.92. The predicted octanol–water partition coefficient (Wildman–Crippen LogP) is 4.30. The summed E-state index contributed by atoms with van der Waals surface area (Å²) in [5.41, 5.74) is -0.876. The van der Waals surface area contributed by atoms with Crippen molar-refractivity contribution in [3.05, 3.63) is 75.1 Å². The molecule has 2 aromatic carbocycles. The SMILES string of the molecule is [2H]c1c([2H])c(C([2H])([2H])c2nn(C3CCCN(C)CC3)c(=O)c3ccccc23)c([2H])c([2H])c1Cl. The molecule has 4 nitrogen and oxygen atoms in total. The van der Waals surface area contributed by atoms with E-state index in [-0.39, 0.29) is 27.7 Å². The van der Waals surface area contributed by atoms with Crippen molar-refractivity contribution in [1.29, 1.82) is 0 Å². The molecule has 0 aliphatic carbocycles. The molecule has 0 saturated carbocycles. The minimum Gasteiger partial charge on any atom is -0.306 e. The Balaban J connectivity index is 2.00. The first-order valence-electron chi connectivity index (χ1n) is 12.0. The zero-order chi connectivity index (χ0) is 24.1. The Hall–Kier alpha value is -2.17. The van der Waals surface area contributed by atoms with Gasteiger partial charge in [-0.15, -0.1) is 0 Å². The molecule has 1 saturated heterocycles. The Morgan fingerprint density at radius 3 is 2.70 bits per heavy atom. The molecule has 4 rings (SSSR count). The van der Waals surface area contributed by atoms with Crippen LogP contribution < -0.4 is 5.56 Å². The summed E-state index contributed by atoms with van der Waals surface area (Å²) >= 11 is 5.92. The smallest absolute Gasteiger partial charge is 0.274 e. The molecule has 0 bridgehead atoms. The molecule has 0 radical (unpaired) electrons. The minimum atomic E-state index is -2.51. The Morgan fingerprint density at radius 2 is 1.93 bits per heavy atom. The highest BCUT2D eigenvalue weighted by atomic mass is 35.5. The van der Waals surface area contributed by atoms with E-state index >= 15 is 0 Å². The highest BCUT2D eigenvalue weighted by molar-refractivity contribution is 6.30. The second kappa shape index (κ2) is 7.83. The maximum Gasteiger partial charge on any atom is 0.274 e. The first-order chi connectivity index (χ1) is 15.6. The molecule has 1 aliphatic rings. The summed E-state index contributed by atoms with van der Waals surface area (Å²) in [6.45, 7) is 1.68. The monoisotopic (exact) mass is 387 g/mol. The van der Waals surface area contributed by atoms with Gasteiger partial charge in [0.2, 0.25) is 0 Å². The van der Waals surface area contributed by atoms with Gasteiger partial charge in [-0.2, -0.15) is 5.10 Å². The van der Waals surface area contributed by atoms with Gasteiger partial charge in [0.25, 0.3) is 5.56 Å². The van der Waals surface area contributed by atoms with E-state index in [0.717, 1.165) is 25.9 Å². The van der Waals surface area contributed by atoms with Crippen LogP contribution in [-0.4, -0.2) is 34.8 Å². The topological polar surface area (TPSA) is 38.1 Å². The van der Waals surface area contributed by atoms with Crippen LogP contribution in [0.1, 0.15) is 44.8 Å². The van der Waals surface area contributed by atoms with Gasteiger partial charge in [0.1, 0.15) is 0 Å². The first-order valence-corrected chi connectivity index (χ1v) is 9.40. The number of halogens is 1. The van der Waals surface area contributed by atoms with Gasteiger partial charge in [0, 0.05) is 19.5 Å². The summed E-state index contributed by atoms with van der Waals surface area (Å²) < 4.78 is 51.9. The van der Waals surface area contributed by atoms with Gasteiger partial charge in [-0.25, -0.2) is 4.68 Å². The molecule has 1 fully saturated rings. The third-order valence-electron chi connectivity index (χ3n) is 4.93. The fourth-order valence-electron chi connectivity index (χ4n) is 3.49. The van der Waals surface area contributed by atoms with E-state index in [0.29, 0.717) is 11.8 Å². The van der Waals surface area contributed by atoms with Gasteiger partial charge in [-0.1, -0.05) is 41.9 Å². The molecule has 1 atom stereocenters. The lowest BCUT2D eigenvalue weighted by atomic mass is 10.0. The van der Waals surface area contributed by atoms with Gasteiger partial charge in [-0.05, 0) is 63.1 Å². The van der Waals surface area contributed by atoms with E-state index in [1.807, 2.05) is 7.05 Å². The second-order valence-electron chi connectivity index (χ2n) is 6.85. The van der Waals surface area contributed by atoms with Crippen molar-refractivity contribution in [2.75, 3.05) is 20.1 Å². The Labute approximate surface area is 172 Å². The van der Waals surface area contributed by atoms with Crippen molar-refractivity contribution < 1.29 is 8.22 Å². The molecule has 5 heteroatoms. The van der Waals surface area contributed by atoms with E-state index in [9.17, 15) is 4.79 Å². The number of aromatic nitrogens is 2. The molecular formula is C22H24ClN3O. The van der Waals surface area contributed by atoms with Crippen LogP contribution in [0, 0.1) is 0 Å². The lowest BCUT2D eigenvalue weighted by Crippen LogP contribution is -2.29. The van der Waals surface area contributed by atoms with Crippen molar-refractivity contribution in [2.24, 2.45) is 0 Å². The quantitative estimate of drug-likeness (QED) is 0.672. The van der Waals surface area contributed by atoms with Crippen LogP contribution in [0.15, 0.2) is 53.2 Å². The summed E-state index contributed by atoms with van der Waals surface area (Å²) in [7, 11) is 2.02. The zero-order valence-electron chi connectivity index (χ0n) is 21.1. The van der Waals surface area contributed by atoms with Crippen LogP contribution in [0.3, 0.4) is 0 Å². The molecule has 27 heavy (non-hydrogen) atoms. The van der Waals surface area contributed by atoms with Crippen LogP contribution in [-0.2, 0) is 6.37 Å². The number of nitrogens with zero attached hydrogens (tertiary/aromatic N) is 3. The molecule has 0 amide bonds. The fraction of sp³-hybridized carbons (Fsp3) is 0.364. The Bertz CT molecular complexity index is 1270. The highest BCUT2D eigenvalue weighted by Gasteiger charge is 2.21. The summed E-state index contributed by atoms with van der Waals surface area (Å²) in [6.07, 6.45) is -0.229. The molecule has 1 unspecified atom stereocenters. The third-order valence-corrected chi connectivity index (χ3v) is 5.12. The summed E-state index contributed by atoms with van der Waals surface area (Å²) in [5.74, 6) is 0. The van der Waals surface area contributed by atoms with E-state index < -0.39 is 36.1 Å². The normalized spacial score (nSPS) is 22.2. The number of benzene rings is 2. The van der Waals surface area contributed by atoms with Crippen molar-refractivity contribution in [3.63, 3.8) is 0 Å². The number of rotatable bonds is 3. The molecule has 3 aromatic rings. The van der Waals surface area contributed by atoms with Crippen molar-refractivity contribution >= 4 is 22.4 Å². The molecule has 1 aromatic heterocycles. The van der Waals surface area contributed by atoms with E-state index in [1.165, 1.54) is 4.68 Å². The number of fused-ring (bicyclic) bond motifs is 1. The second-order valence-corrected chi connectivity index (χ2v) is 7.22. The minimum absolute atomic E-state index is 0.113. The molecule has 0 N–H and O–H groups in total. The van der Waals surface area contributed by atoms with E-state index in [2.05, 4.69) is 10.00 Å². The zero-order valence-corrected chi connectivity index (χ0v) is 15.8. The van der Waals surface area contributed by atoms with E-state index in [1.54, 1.807) is 24.3 Å². The van der Waals surface area contributed by atoms with Crippen LogP contribution in [0.2, 0.25) is 5.02 Å². The Kier molecular flexibility index (Phi) is 3.57. The van der Waals surface area contributed by atoms with Crippen molar-refractivity contribution in [1.82, 2.24) is 14.7 Å². The largest absolute Gasteiger partial charge is 0.306 e. The van der Waals surface area contributed by atoms with Crippen molar-refractivity contribution in [2.45, 2.75) is 31.7 Å². The lowest BCUT2D eigenvalue weighted by molar-refractivity contribution is 0.334. The average Bonchev–Trinajstić information content (AvgIpc) is 3.01. The number of likely N-dealkylation sites (tertiary alicyclic amines) is 1. The molecule has 1 aliphatic heterocycles. The number of hydrogen-bond acceptors (Lipinski definition) is 3. The molecular weight excluding hydrogens is 358 g/mol.